The van der Waals surface area contributed by atoms with E-state index in [0.29, 0.717) is 6.04 Å². The summed E-state index contributed by atoms with van der Waals surface area (Å²) >= 11 is 8.43. The molecular formula is C12H16Br2N2OS. The molecule has 0 spiro atoms. The Morgan fingerprint density at radius 3 is 2.89 bits per heavy atom. The Bertz CT molecular complexity index is 430. The van der Waals surface area contributed by atoms with E-state index >= 15 is 0 Å². The Hall–Kier alpha value is 0.0900. The normalized spacial score (nSPS) is 19.8. The molecule has 1 atom stereocenters. The Morgan fingerprint density at radius 2 is 2.39 bits per heavy atom. The van der Waals surface area contributed by atoms with E-state index in [1.165, 1.54) is 0 Å². The predicted molar refractivity (Wildman–Crippen MR) is 82.3 cm³/mol. The summed E-state index contributed by atoms with van der Waals surface area (Å²) < 4.78 is 1.89. The largest absolute Gasteiger partial charge is 0.335 e. The molecule has 0 aromatic carbocycles. The highest BCUT2D eigenvalue weighted by Crippen LogP contribution is 2.33. The van der Waals surface area contributed by atoms with Crippen molar-refractivity contribution in [2.75, 3.05) is 19.6 Å². The van der Waals surface area contributed by atoms with Crippen molar-refractivity contribution in [1.82, 2.24) is 10.2 Å². The zero-order chi connectivity index (χ0) is 13.1. The van der Waals surface area contributed by atoms with Crippen LogP contribution < -0.4 is 5.32 Å². The standard InChI is InChI=1S/C12H16Br2N2OS/c1-2-16(8-4-3-5-15-7-8)12(17)9-6-10(13)18-11(9)14/h6,8,15H,2-5,7H2,1H3. The van der Waals surface area contributed by atoms with E-state index in [9.17, 15) is 4.79 Å². The molecule has 3 nitrogen and oxygen atoms in total. The first-order valence-electron chi connectivity index (χ1n) is 6.10. The molecule has 18 heavy (non-hydrogen) atoms. The third kappa shape index (κ3) is 3.15. The summed E-state index contributed by atoms with van der Waals surface area (Å²) in [7, 11) is 0. The van der Waals surface area contributed by atoms with Gasteiger partial charge in [0, 0.05) is 19.1 Å². The lowest BCUT2D eigenvalue weighted by atomic mass is 10.1. The van der Waals surface area contributed by atoms with Gasteiger partial charge in [-0.15, -0.1) is 11.3 Å². The number of halogens is 2. The minimum atomic E-state index is 0.125. The third-order valence-corrected chi connectivity index (χ3v) is 5.54. The molecule has 1 N–H and O–H groups in total. The molecule has 1 aliphatic rings. The summed E-state index contributed by atoms with van der Waals surface area (Å²) in [6, 6.07) is 2.22. The van der Waals surface area contributed by atoms with Gasteiger partial charge < -0.3 is 10.2 Å². The smallest absolute Gasteiger partial charge is 0.256 e. The van der Waals surface area contributed by atoms with Crippen LogP contribution in [0.25, 0.3) is 0 Å². The van der Waals surface area contributed by atoms with Gasteiger partial charge in [-0.1, -0.05) is 0 Å². The summed E-state index contributed by atoms with van der Waals surface area (Å²) in [5.41, 5.74) is 0.763. The number of nitrogens with one attached hydrogen (secondary N) is 1. The Kier molecular flexibility index (Phi) is 5.24. The molecule has 1 aliphatic heterocycles. The van der Waals surface area contributed by atoms with Crippen LogP contribution in [-0.4, -0.2) is 36.5 Å². The molecule has 1 fully saturated rings. The minimum Gasteiger partial charge on any atom is -0.335 e. The number of likely N-dealkylation sites (N-methyl/N-ethyl adjacent to an activating group) is 1. The Balaban J connectivity index is 2.16. The first kappa shape index (κ1) is 14.5. The summed E-state index contributed by atoms with van der Waals surface area (Å²) in [5, 5.41) is 3.36. The van der Waals surface area contributed by atoms with Crippen molar-refractivity contribution in [1.29, 1.82) is 0 Å². The fraction of sp³-hybridized carbons (Fsp3) is 0.583. The van der Waals surface area contributed by atoms with Gasteiger partial charge in [0.05, 0.1) is 13.1 Å². The molecule has 1 aromatic rings. The molecule has 100 valence electrons. The van der Waals surface area contributed by atoms with E-state index in [0.717, 1.165) is 45.6 Å². The molecule has 6 heteroatoms. The third-order valence-electron chi connectivity index (χ3n) is 3.20. The maximum atomic E-state index is 12.6. The fourth-order valence-electron chi connectivity index (χ4n) is 2.31. The lowest BCUT2D eigenvalue weighted by molar-refractivity contribution is 0.0662. The number of amides is 1. The Labute approximate surface area is 128 Å². The van der Waals surface area contributed by atoms with Crippen molar-refractivity contribution >= 4 is 49.1 Å². The minimum absolute atomic E-state index is 0.125. The van der Waals surface area contributed by atoms with Crippen molar-refractivity contribution in [2.45, 2.75) is 25.8 Å². The van der Waals surface area contributed by atoms with E-state index < -0.39 is 0 Å². The lowest BCUT2D eigenvalue weighted by Crippen LogP contribution is -2.48. The monoisotopic (exact) mass is 394 g/mol. The van der Waals surface area contributed by atoms with Crippen LogP contribution in [0.15, 0.2) is 13.6 Å². The molecule has 2 heterocycles. The van der Waals surface area contributed by atoms with E-state index in [4.69, 9.17) is 0 Å². The maximum absolute atomic E-state index is 12.6. The van der Waals surface area contributed by atoms with Gasteiger partial charge in [-0.2, -0.15) is 0 Å². The number of hydrogen-bond donors (Lipinski definition) is 1. The van der Waals surface area contributed by atoms with Crippen molar-refractivity contribution in [2.24, 2.45) is 0 Å². The molecule has 0 bridgehead atoms. The fourth-order valence-corrected chi connectivity index (χ4v) is 5.09. The van der Waals surface area contributed by atoms with Crippen LogP contribution >= 0.6 is 43.2 Å². The number of carbonyl (C=O) groups is 1. The Morgan fingerprint density at radius 1 is 1.61 bits per heavy atom. The summed E-state index contributed by atoms with van der Waals surface area (Å²) in [6.45, 7) is 4.77. The van der Waals surface area contributed by atoms with Crippen LogP contribution in [0.5, 0.6) is 0 Å². The second-order valence-corrected chi connectivity index (χ2v) is 8.08. The lowest BCUT2D eigenvalue weighted by Gasteiger charge is -2.34. The van der Waals surface area contributed by atoms with E-state index in [1.807, 2.05) is 17.9 Å². The second kappa shape index (κ2) is 6.50. The SMILES string of the molecule is CCN(C(=O)c1cc(Br)sc1Br)C1CCCNC1. The van der Waals surface area contributed by atoms with Gasteiger partial charge in [0.15, 0.2) is 0 Å². The van der Waals surface area contributed by atoms with Gasteiger partial charge >= 0.3 is 0 Å². The highest BCUT2D eigenvalue weighted by Gasteiger charge is 2.26. The number of nitrogens with zero attached hydrogens (tertiary/aromatic N) is 1. The maximum Gasteiger partial charge on any atom is 0.256 e. The zero-order valence-corrected chi connectivity index (χ0v) is 14.2. The molecular weight excluding hydrogens is 380 g/mol. The highest BCUT2D eigenvalue weighted by molar-refractivity contribution is 9.12. The number of rotatable bonds is 3. The van der Waals surface area contributed by atoms with E-state index in [2.05, 4.69) is 37.2 Å². The predicted octanol–water partition coefficient (Wildman–Crippen LogP) is 3.49. The number of carbonyl (C=O) groups excluding carboxylic acids is 1. The molecule has 0 saturated carbocycles. The van der Waals surface area contributed by atoms with Crippen molar-refractivity contribution < 1.29 is 4.79 Å². The summed E-state index contributed by atoms with van der Waals surface area (Å²) in [5.74, 6) is 0.125. The van der Waals surface area contributed by atoms with E-state index in [1.54, 1.807) is 11.3 Å². The molecule has 0 aliphatic carbocycles. The van der Waals surface area contributed by atoms with Crippen LogP contribution in [0.4, 0.5) is 0 Å². The van der Waals surface area contributed by atoms with Crippen molar-refractivity contribution in [3.8, 4) is 0 Å². The van der Waals surface area contributed by atoms with Crippen LogP contribution in [0.2, 0.25) is 0 Å². The summed E-state index contributed by atoms with van der Waals surface area (Å²) in [4.78, 5) is 14.5. The molecule has 1 saturated heterocycles. The topological polar surface area (TPSA) is 32.3 Å². The van der Waals surface area contributed by atoms with Crippen LogP contribution in [-0.2, 0) is 0 Å². The van der Waals surface area contributed by atoms with Gasteiger partial charge in [0.25, 0.3) is 5.91 Å². The van der Waals surface area contributed by atoms with Crippen LogP contribution in [0.3, 0.4) is 0 Å². The molecule has 2 rings (SSSR count). The first-order chi connectivity index (χ1) is 8.63. The average molecular weight is 396 g/mol. The van der Waals surface area contributed by atoms with Gasteiger partial charge in [0.2, 0.25) is 0 Å². The van der Waals surface area contributed by atoms with Gasteiger partial charge in [0.1, 0.15) is 0 Å². The highest BCUT2D eigenvalue weighted by atomic mass is 79.9. The summed E-state index contributed by atoms with van der Waals surface area (Å²) in [6.07, 6.45) is 2.23. The zero-order valence-electron chi connectivity index (χ0n) is 10.2. The molecule has 1 amide bonds. The molecule has 1 unspecified atom stereocenters. The van der Waals surface area contributed by atoms with E-state index in [-0.39, 0.29) is 5.91 Å². The van der Waals surface area contributed by atoms with Crippen LogP contribution in [0, 0.1) is 0 Å². The van der Waals surface area contributed by atoms with Crippen molar-refractivity contribution in [3.05, 3.63) is 19.2 Å². The average Bonchev–Trinajstić information content (AvgIpc) is 2.70. The number of hydrogen-bond acceptors (Lipinski definition) is 3. The van der Waals surface area contributed by atoms with Crippen molar-refractivity contribution in [3.63, 3.8) is 0 Å². The van der Waals surface area contributed by atoms with Gasteiger partial charge in [-0.05, 0) is 64.2 Å². The van der Waals surface area contributed by atoms with Gasteiger partial charge in [-0.25, -0.2) is 0 Å². The quantitative estimate of drug-likeness (QED) is 0.849. The first-order valence-corrected chi connectivity index (χ1v) is 8.50. The molecule has 1 aromatic heterocycles. The van der Waals surface area contributed by atoms with Gasteiger partial charge in [-0.3, -0.25) is 4.79 Å². The number of thiophene rings is 1. The number of piperidine rings is 1. The van der Waals surface area contributed by atoms with Crippen LogP contribution in [0.1, 0.15) is 30.1 Å². The second-order valence-electron chi connectivity index (χ2n) is 4.33. The molecule has 0 radical (unpaired) electrons.